The second-order valence-corrected chi connectivity index (χ2v) is 6.85. The van der Waals surface area contributed by atoms with Crippen molar-refractivity contribution in [2.75, 3.05) is 29.1 Å². The van der Waals surface area contributed by atoms with Crippen LogP contribution in [-0.4, -0.2) is 24.7 Å². The number of benzene rings is 2. The molecule has 3 nitrogen and oxygen atoms in total. The molecule has 0 spiro atoms. The molecule has 0 bridgehead atoms. The molecule has 0 saturated heterocycles. The summed E-state index contributed by atoms with van der Waals surface area (Å²) >= 11 is 5.23. The summed E-state index contributed by atoms with van der Waals surface area (Å²) in [4.78, 5) is 15.6. The molecule has 1 heterocycles. The average molecular weight is 363 g/mol. The van der Waals surface area contributed by atoms with Crippen molar-refractivity contribution in [1.82, 2.24) is 0 Å². The fourth-order valence-electron chi connectivity index (χ4n) is 2.30. The summed E-state index contributed by atoms with van der Waals surface area (Å²) in [6.07, 6.45) is 0. The van der Waals surface area contributed by atoms with Gasteiger partial charge in [-0.1, -0.05) is 28.1 Å². The topological polar surface area (TPSA) is 32.3 Å². The molecule has 0 aromatic heterocycles. The van der Waals surface area contributed by atoms with Crippen LogP contribution in [0.3, 0.4) is 0 Å². The van der Waals surface area contributed by atoms with Gasteiger partial charge in [-0.15, -0.1) is 11.8 Å². The molecule has 0 fully saturated rings. The van der Waals surface area contributed by atoms with Crippen molar-refractivity contribution in [2.24, 2.45) is 0 Å². The van der Waals surface area contributed by atoms with Gasteiger partial charge in [-0.25, -0.2) is 0 Å². The van der Waals surface area contributed by atoms with E-state index in [1.807, 2.05) is 48.2 Å². The van der Waals surface area contributed by atoms with Crippen molar-refractivity contribution < 1.29 is 4.79 Å². The maximum absolute atomic E-state index is 12.2. The molecular weight excluding hydrogens is 348 g/mol. The minimum absolute atomic E-state index is 0.0130. The smallest absolute Gasteiger partial charge is 0.243 e. The van der Waals surface area contributed by atoms with Gasteiger partial charge in [0, 0.05) is 27.4 Å². The van der Waals surface area contributed by atoms with Crippen LogP contribution in [0.4, 0.5) is 11.4 Å². The number of rotatable bonds is 3. The third-order valence-electron chi connectivity index (χ3n) is 3.29. The van der Waals surface area contributed by atoms with Gasteiger partial charge in [-0.3, -0.25) is 4.79 Å². The number of hydrogen-bond donors (Lipinski definition) is 1. The molecule has 5 heteroatoms. The van der Waals surface area contributed by atoms with Crippen molar-refractivity contribution >= 4 is 45.0 Å². The molecule has 0 saturated carbocycles. The molecule has 21 heavy (non-hydrogen) atoms. The van der Waals surface area contributed by atoms with Crippen LogP contribution in [0, 0.1) is 0 Å². The van der Waals surface area contributed by atoms with Gasteiger partial charge in [0.15, 0.2) is 0 Å². The minimum atomic E-state index is 0.0130. The van der Waals surface area contributed by atoms with Gasteiger partial charge in [0.25, 0.3) is 0 Å². The molecule has 0 radical (unpaired) electrons. The highest BCUT2D eigenvalue weighted by atomic mass is 79.9. The predicted octanol–water partition coefficient (Wildman–Crippen LogP) is 4.00. The third-order valence-corrected chi connectivity index (χ3v) is 4.86. The minimum Gasteiger partial charge on any atom is -0.360 e. The van der Waals surface area contributed by atoms with Crippen molar-refractivity contribution in [3.05, 3.63) is 53.0 Å². The molecule has 1 amide bonds. The third kappa shape index (κ3) is 3.60. The maximum Gasteiger partial charge on any atom is 0.243 e. The molecule has 2 aromatic rings. The Balaban J connectivity index is 1.67. The number of hydrogen-bond acceptors (Lipinski definition) is 3. The largest absolute Gasteiger partial charge is 0.360 e. The van der Waals surface area contributed by atoms with E-state index in [-0.39, 0.29) is 5.91 Å². The van der Waals surface area contributed by atoms with Crippen LogP contribution < -0.4 is 10.2 Å². The van der Waals surface area contributed by atoms with Crippen molar-refractivity contribution in [3.8, 4) is 0 Å². The zero-order valence-corrected chi connectivity index (χ0v) is 13.8. The summed E-state index contributed by atoms with van der Waals surface area (Å²) in [5.41, 5.74) is 1.97. The molecule has 1 aliphatic rings. The fourth-order valence-corrected chi connectivity index (χ4v) is 3.61. The number of fused-ring (bicyclic) bond motifs is 1. The van der Waals surface area contributed by atoms with Crippen molar-refractivity contribution in [2.45, 2.75) is 4.90 Å². The first-order chi connectivity index (χ1) is 10.2. The summed E-state index contributed by atoms with van der Waals surface area (Å²) in [5.74, 6) is 1.03. The van der Waals surface area contributed by atoms with Crippen molar-refractivity contribution in [3.63, 3.8) is 0 Å². The van der Waals surface area contributed by atoms with Crippen molar-refractivity contribution in [1.29, 1.82) is 0 Å². The molecule has 108 valence electrons. The highest BCUT2D eigenvalue weighted by Gasteiger charge is 2.19. The Kier molecular flexibility index (Phi) is 4.51. The van der Waals surface area contributed by atoms with E-state index in [0.717, 1.165) is 28.1 Å². The van der Waals surface area contributed by atoms with E-state index in [1.165, 1.54) is 4.90 Å². The SMILES string of the molecule is O=C(CN1CCSc2ccccc21)Nc1ccc(Br)cc1. The monoisotopic (exact) mass is 362 g/mol. The normalized spacial score (nSPS) is 13.7. The number of nitrogens with one attached hydrogen (secondary N) is 1. The van der Waals surface area contributed by atoms with Gasteiger partial charge in [0.05, 0.1) is 12.2 Å². The fraction of sp³-hybridized carbons (Fsp3) is 0.188. The highest BCUT2D eigenvalue weighted by molar-refractivity contribution is 9.10. The Hall–Kier alpha value is -1.46. The highest BCUT2D eigenvalue weighted by Crippen LogP contribution is 2.34. The van der Waals surface area contributed by atoms with E-state index in [0.29, 0.717) is 6.54 Å². The molecule has 1 aliphatic heterocycles. The van der Waals surface area contributed by atoms with Crippen LogP contribution in [0.2, 0.25) is 0 Å². The maximum atomic E-state index is 12.2. The molecule has 1 N–H and O–H groups in total. The Morgan fingerprint density at radius 3 is 2.76 bits per heavy atom. The van der Waals surface area contributed by atoms with E-state index in [1.54, 1.807) is 0 Å². The van der Waals surface area contributed by atoms with E-state index in [2.05, 4.69) is 38.3 Å². The molecule has 0 unspecified atom stereocenters. The number of amides is 1. The van der Waals surface area contributed by atoms with Crippen LogP contribution in [0.5, 0.6) is 0 Å². The Morgan fingerprint density at radius 2 is 1.95 bits per heavy atom. The first-order valence-corrected chi connectivity index (χ1v) is 8.52. The van der Waals surface area contributed by atoms with Crippen LogP contribution in [0.1, 0.15) is 0 Å². The summed E-state index contributed by atoms with van der Waals surface area (Å²) in [6.45, 7) is 1.28. The number of nitrogens with zero attached hydrogens (tertiary/aromatic N) is 1. The van der Waals surface area contributed by atoms with E-state index in [4.69, 9.17) is 0 Å². The Morgan fingerprint density at radius 1 is 1.19 bits per heavy atom. The van der Waals surface area contributed by atoms with Gasteiger partial charge < -0.3 is 10.2 Å². The predicted molar refractivity (Wildman–Crippen MR) is 92.2 cm³/mol. The lowest BCUT2D eigenvalue weighted by Crippen LogP contribution is -2.36. The first kappa shape index (κ1) is 14.5. The van der Waals surface area contributed by atoms with E-state index < -0.39 is 0 Å². The first-order valence-electron chi connectivity index (χ1n) is 6.74. The van der Waals surface area contributed by atoms with Crippen LogP contribution in [-0.2, 0) is 4.79 Å². The standard InChI is InChI=1S/C16H15BrN2OS/c17-12-5-7-13(8-6-12)18-16(20)11-19-9-10-21-15-4-2-1-3-14(15)19/h1-8H,9-11H2,(H,18,20). The van der Waals surface area contributed by atoms with Crippen LogP contribution >= 0.6 is 27.7 Å². The zero-order chi connectivity index (χ0) is 14.7. The summed E-state index contributed by atoms with van der Waals surface area (Å²) in [5, 5.41) is 2.94. The van der Waals surface area contributed by atoms with Gasteiger partial charge in [-0.2, -0.15) is 0 Å². The summed E-state index contributed by atoms with van der Waals surface area (Å²) in [7, 11) is 0. The second-order valence-electron chi connectivity index (χ2n) is 4.79. The number of carbonyl (C=O) groups is 1. The van der Waals surface area contributed by atoms with Gasteiger partial charge in [0.2, 0.25) is 5.91 Å². The lowest BCUT2D eigenvalue weighted by Gasteiger charge is -2.30. The molecular formula is C16H15BrN2OS. The van der Waals surface area contributed by atoms with E-state index in [9.17, 15) is 4.79 Å². The Labute approximate surface area is 136 Å². The summed E-state index contributed by atoms with van der Waals surface area (Å²) < 4.78 is 1.00. The Bertz CT molecular complexity index is 645. The molecule has 3 rings (SSSR count). The molecule has 0 atom stereocenters. The average Bonchev–Trinajstić information content (AvgIpc) is 2.50. The lowest BCUT2D eigenvalue weighted by molar-refractivity contribution is -0.115. The molecule has 2 aromatic carbocycles. The number of anilines is 2. The van der Waals surface area contributed by atoms with Crippen LogP contribution in [0.15, 0.2) is 57.9 Å². The van der Waals surface area contributed by atoms with Crippen LogP contribution in [0.25, 0.3) is 0 Å². The molecule has 0 aliphatic carbocycles. The lowest BCUT2D eigenvalue weighted by atomic mass is 10.2. The van der Waals surface area contributed by atoms with Gasteiger partial charge >= 0.3 is 0 Å². The number of halogens is 1. The second kappa shape index (κ2) is 6.54. The van der Waals surface area contributed by atoms with Gasteiger partial charge in [-0.05, 0) is 36.4 Å². The zero-order valence-electron chi connectivity index (χ0n) is 11.4. The van der Waals surface area contributed by atoms with E-state index >= 15 is 0 Å². The number of para-hydroxylation sites is 1. The number of thioether (sulfide) groups is 1. The quantitative estimate of drug-likeness (QED) is 0.895. The number of carbonyl (C=O) groups excluding carboxylic acids is 1. The van der Waals surface area contributed by atoms with Gasteiger partial charge in [0.1, 0.15) is 0 Å². The summed E-state index contributed by atoms with van der Waals surface area (Å²) in [6, 6.07) is 15.9.